The van der Waals surface area contributed by atoms with Crippen LogP contribution in [-0.2, 0) is 16.0 Å². The smallest absolute Gasteiger partial charge is 0.335 e. The van der Waals surface area contributed by atoms with Crippen LogP contribution in [0.4, 0.5) is 4.39 Å². The van der Waals surface area contributed by atoms with E-state index < -0.39 is 17.7 Å². The van der Waals surface area contributed by atoms with Crippen LogP contribution in [-0.4, -0.2) is 20.2 Å². The molecule has 5 nitrogen and oxygen atoms in total. The van der Waals surface area contributed by atoms with E-state index in [2.05, 4.69) is 10.2 Å². The summed E-state index contributed by atoms with van der Waals surface area (Å²) in [5.74, 6) is -1.14. The number of nitrogens with zero attached hydrogens (tertiary/aromatic N) is 1. The molecule has 1 aliphatic heterocycles. The van der Waals surface area contributed by atoms with Crippen molar-refractivity contribution in [1.29, 1.82) is 0 Å². The predicted octanol–water partition coefficient (Wildman–Crippen LogP) is 5.00. The van der Waals surface area contributed by atoms with Crippen molar-refractivity contribution in [3.63, 3.8) is 0 Å². The summed E-state index contributed by atoms with van der Waals surface area (Å²) in [5, 5.41) is 3.32. The number of hydrogen-bond donors (Lipinski definition) is 1. The second-order valence-electron chi connectivity index (χ2n) is 6.76. The zero-order valence-electron chi connectivity index (χ0n) is 16.8. The van der Waals surface area contributed by atoms with Crippen LogP contribution in [0.3, 0.4) is 0 Å². The van der Waals surface area contributed by atoms with Gasteiger partial charge in [-0.1, -0.05) is 29.8 Å². The van der Waals surface area contributed by atoms with Gasteiger partial charge in [0, 0.05) is 22.8 Å². The quantitative estimate of drug-likeness (QED) is 0.540. The largest absolute Gasteiger partial charge is 0.497 e. The molecule has 0 saturated carbocycles. The van der Waals surface area contributed by atoms with Gasteiger partial charge in [-0.15, -0.1) is 0 Å². The molecule has 2 aromatic carbocycles. The number of esters is 1. The summed E-state index contributed by atoms with van der Waals surface area (Å²) in [5.41, 5.74) is 3.15. The van der Waals surface area contributed by atoms with Crippen molar-refractivity contribution in [2.45, 2.75) is 19.3 Å². The molecule has 30 heavy (non-hydrogen) atoms. The second-order valence-corrected chi connectivity index (χ2v) is 7.17. The molecule has 1 N–H and O–H groups in total. The van der Waals surface area contributed by atoms with Crippen molar-refractivity contribution in [3.05, 3.63) is 98.5 Å². The SMILES string of the molecule is [C-]#[N+]C1=C(Cc2cccc(OC)c2)NC(C)=C(C(=O)OC)C1c1ccc(F)cc1Cl. The molecule has 0 bridgehead atoms. The molecule has 154 valence electrons. The fourth-order valence-corrected chi connectivity index (χ4v) is 3.83. The molecule has 1 unspecified atom stereocenters. The fourth-order valence-electron chi connectivity index (χ4n) is 3.56. The highest BCUT2D eigenvalue weighted by Gasteiger charge is 2.36. The number of methoxy groups -OCH3 is 2. The minimum Gasteiger partial charge on any atom is -0.497 e. The minimum absolute atomic E-state index is 0.137. The van der Waals surface area contributed by atoms with Crippen LogP contribution in [0.25, 0.3) is 4.85 Å². The number of nitrogens with one attached hydrogen (secondary N) is 1. The van der Waals surface area contributed by atoms with E-state index in [1.165, 1.54) is 25.3 Å². The van der Waals surface area contributed by atoms with E-state index in [0.29, 0.717) is 34.8 Å². The molecule has 0 radical (unpaired) electrons. The van der Waals surface area contributed by atoms with Gasteiger partial charge in [0.2, 0.25) is 0 Å². The third kappa shape index (κ3) is 4.17. The summed E-state index contributed by atoms with van der Waals surface area (Å²) >= 11 is 6.32. The maximum atomic E-state index is 13.6. The van der Waals surface area contributed by atoms with Gasteiger partial charge in [0.1, 0.15) is 11.6 Å². The highest BCUT2D eigenvalue weighted by molar-refractivity contribution is 6.31. The third-order valence-corrected chi connectivity index (χ3v) is 5.26. The molecule has 0 amide bonds. The van der Waals surface area contributed by atoms with Crippen molar-refractivity contribution in [2.24, 2.45) is 0 Å². The first kappa shape index (κ1) is 21.4. The minimum atomic E-state index is -0.773. The summed E-state index contributed by atoms with van der Waals surface area (Å²) < 4.78 is 23.9. The van der Waals surface area contributed by atoms with Crippen molar-refractivity contribution < 1.29 is 18.7 Å². The van der Waals surface area contributed by atoms with Crippen LogP contribution in [0.15, 0.2) is 65.1 Å². The Hall–Kier alpha value is -3.30. The molecule has 1 aliphatic rings. The maximum absolute atomic E-state index is 13.6. The van der Waals surface area contributed by atoms with Gasteiger partial charge in [-0.25, -0.2) is 14.0 Å². The first-order valence-electron chi connectivity index (χ1n) is 9.14. The summed E-state index contributed by atoms with van der Waals surface area (Å²) in [6, 6.07) is 11.4. The number of dihydropyridines is 1. The molecule has 0 aromatic heterocycles. The molecule has 1 atom stereocenters. The summed E-state index contributed by atoms with van der Waals surface area (Å²) in [4.78, 5) is 16.3. The zero-order valence-corrected chi connectivity index (χ0v) is 17.5. The Morgan fingerprint density at radius 1 is 1.27 bits per heavy atom. The predicted molar refractivity (Wildman–Crippen MR) is 112 cm³/mol. The van der Waals surface area contributed by atoms with Gasteiger partial charge in [0.25, 0.3) is 0 Å². The Balaban J connectivity index is 2.16. The van der Waals surface area contributed by atoms with Crippen LogP contribution in [0.1, 0.15) is 24.0 Å². The highest BCUT2D eigenvalue weighted by Crippen LogP contribution is 2.42. The molecule has 3 rings (SSSR count). The average Bonchev–Trinajstić information content (AvgIpc) is 2.73. The number of carbonyl (C=O) groups is 1. The standard InChI is InChI=1S/C23H20ClFN2O3/c1-13-20(23(28)30-4)21(17-9-8-15(25)12-18(17)24)22(26-2)19(27-13)11-14-6-5-7-16(10-14)29-3/h5-10,12,21,27H,11H2,1,3-4H3. The summed E-state index contributed by atoms with van der Waals surface area (Å²) in [6.07, 6.45) is 0.413. The van der Waals surface area contributed by atoms with Crippen LogP contribution >= 0.6 is 11.6 Å². The molecule has 0 spiro atoms. The normalized spacial score (nSPS) is 16.1. The molecule has 7 heteroatoms. The van der Waals surface area contributed by atoms with Gasteiger partial charge in [0.15, 0.2) is 5.70 Å². The first-order valence-corrected chi connectivity index (χ1v) is 9.51. The molecule has 2 aromatic rings. The van der Waals surface area contributed by atoms with Gasteiger partial charge in [-0.05, 0) is 42.3 Å². The van der Waals surface area contributed by atoms with Crippen LogP contribution in [0, 0.1) is 12.4 Å². The zero-order chi connectivity index (χ0) is 21.8. The van der Waals surface area contributed by atoms with E-state index in [1.54, 1.807) is 14.0 Å². The van der Waals surface area contributed by atoms with Gasteiger partial charge in [-0.3, -0.25) is 0 Å². The van der Waals surface area contributed by atoms with Crippen molar-refractivity contribution in [3.8, 4) is 5.75 Å². The van der Waals surface area contributed by atoms with Crippen LogP contribution in [0.5, 0.6) is 5.75 Å². The topological polar surface area (TPSA) is 51.9 Å². The lowest BCUT2D eigenvalue weighted by Gasteiger charge is -2.30. The van der Waals surface area contributed by atoms with E-state index in [-0.39, 0.29) is 10.6 Å². The van der Waals surface area contributed by atoms with E-state index in [1.807, 2.05) is 24.3 Å². The van der Waals surface area contributed by atoms with Gasteiger partial charge >= 0.3 is 5.97 Å². The number of hydrogen-bond acceptors (Lipinski definition) is 4. The monoisotopic (exact) mass is 426 g/mol. The lowest BCUT2D eigenvalue weighted by Crippen LogP contribution is -2.29. The molecular weight excluding hydrogens is 407 g/mol. The number of allylic oxidation sites excluding steroid dienone is 3. The number of benzene rings is 2. The molecule has 0 aliphatic carbocycles. The van der Waals surface area contributed by atoms with E-state index in [9.17, 15) is 9.18 Å². The van der Waals surface area contributed by atoms with Gasteiger partial charge < -0.3 is 14.8 Å². The lowest BCUT2D eigenvalue weighted by atomic mass is 9.83. The highest BCUT2D eigenvalue weighted by atomic mass is 35.5. The average molecular weight is 427 g/mol. The number of halogens is 2. The molecule has 1 heterocycles. The van der Waals surface area contributed by atoms with Gasteiger partial charge in [-0.2, -0.15) is 0 Å². The van der Waals surface area contributed by atoms with Crippen molar-refractivity contribution >= 4 is 17.6 Å². The number of carbonyl (C=O) groups excluding carboxylic acids is 1. The first-order chi connectivity index (χ1) is 14.4. The van der Waals surface area contributed by atoms with E-state index >= 15 is 0 Å². The second kappa shape index (κ2) is 9.02. The summed E-state index contributed by atoms with van der Waals surface area (Å²) in [7, 11) is 2.86. The number of rotatable bonds is 5. The Morgan fingerprint density at radius 3 is 2.67 bits per heavy atom. The Kier molecular flexibility index (Phi) is 6.43. The number of ether oxygens (including phenoxy) is 2. The summed E-state index contributed by atoms with van der Waals surface area (Å²) in [6.45, 7) is 9.57. The Bertz CT molecular complexity index is 1100. The van der Waals surface area contributed by atoms with Crippen LogP contribution < -0.4 is 10.1 Å². The van der Waals surface area contributed by atoms with Crippen molar-refractivity contribution in [2.75, 3.05) is 14.2 Å². The Labute approximate surface area is 179 Å². The lowest BCUT2D eigenvalue weighted by molar-refractivity contribution is -0.136. The third-order valence-electron chi connectivity index (χ3n) is 4.93. The molecule has 0 saturated heterocycles. The Morgan fingerprint density at radius 2 is 2.03 bits per heavy atom. The van der Waals surface area contributed by atoms with Crippen LogP contribution in [0.2, 0.25) is 5.02 Å². The fraction of sp³-hybridized carbons (Fsp3) is 0.217. The van der Waals surface area contributed by atoms with E-state index in [0.717, 1.165) is 5.56 Å². The molecular formula is C23H20ClFN2O3. The van der Waals surface area contributed by atoms with Crippen molar-refractivity contribution in [1.82, 2.24) is 5.32 Å². The van der Waals surface area contributed by atoms with Gasteiger partial charge in [0.05, 0.1) is 32.3 Å². The van der Waals surface area contributed by atoms with E-state index in [4.69, 9.17) is 27.6 Å². The molecule has 0 fully saturated rings. The maximum Gasteiger partial charge on any atom is 0.335 e.